The van der Waals surface area contributed by atoms with Crippen molar-refractivity contribution in [3.05, 3.63) is 70.0 Å². The minimum Gasteiger partial charge on any atom is -0.383 e. The fourth-order valence-corrected chi connectivity index (χ4v) is 2.95. The van der Waals surface area contributed by atoms with Crippen LogP contribution in [0, 0.1) is 15.9 Å². The first-order valence-electron chi connectivity index (χ1n) is 8.19. The van der Waals surface area contributed by atoms with Gasteiger partial charge in [-0.3, -0.25) is 15.0 Å². The second-order valence-electron chi connectivity index (χ2n) is 5.90. The average Bonchev–Trinajstić information content (AvgIpc) is 2.64. The summed E-state index contributed by atoms with van der Waals surface area (Å²) in [5.74, 6) is -0.257. The number of hydrogen-bond donors (Lipinski definition) is 1. The number of non-ortho nitro benzene ring substituents is 1. The summed E-state index contributed by atoms with van der Waals surface area (Å²) in [4.78, 5) is 12.6. The molecule has 1 aliphatic heterocycles. The molecule has 0 amide bonds. The molecule has 0 aliphatic carbocycles. The third kappa shape index (κ3) is 4.52. The van der Waals surface area contributed by atoms with Crippen molar-refractivity contribution in [2.75, 3.05) is 38.2 Å². The van der Waals surface area contributed by atoms with Gasteiger partial charge in [-0.2, -0.15) is 0 Å². The molecule has 3 rings (SSSR count). The highest BCUT2D eigenvalue weighted by atomic mass is 19.1. The molecule has 0 bridgehead atoms. The highest BCUT2D eigenvalue weighted by Crippen LogP contribution is 2.24. The summed E-state index contributed by atoms with van der Waals surface area (Å²) in [6, 6.07) is 12.9. The number of nitrogens with one attached hydrogen (secondary N) is 1. The minimum absolute atomic E-state index is 0.0637. The molecule has 0 radical (unpaired) electrons. The zero-order valence-electron chi connectivity index (χ0n) is 13.7. The molecule has 2 aromatic rings. The van der Waals surface area contributed by atoms with Crippen LogP contribution in [0.15, 0.2) is 48.5 Å². The van der Waals surface area contributed by atoms with Crippen LogP contribution >= 0.6 is 0 Å². The number of ether oxygens (including phenoxy) is 1. The van der Waals surface area contributed by atoms with Crippen molar-refractivity contribution in [1.82, 2.24) is 4.90 Å². The fraction of sp³-hybridized carbons (Fsp3) is 0.333. The number of rotatable bonds is 6. The Kier molecular flexibility index (Phi) is 5.57. The molecular weight excluding hydrogens is 325 g/mol. The van der Waals surface area contributed by atoms with Crippen molar-refractivity contribution in [2.45, 2.75) is 6.04 Å². The Balaban J connectivity index is 1.72. The van der Waals surface area contributed by atoms with Crippen LogP contribution in [0.3, 0.4) is 0 Å². The predicted molar refractivity (Wildman–Crippen MR) is 93.1 cm³/mol. The number of nitro benzene ring substituents is 1. The van der Waals surface area contributed by atoms with Crippen LogP contribution in [0.5, 0.6) is 0 Å². The topological polar surface area (TPSA) is 67.6 Å². The third-order valence-electron chi connectivity index (χ3n) is 4.32. The molecule has 0 aromatic heterocycles. The monoisotopic (exact) mass is 345 g/mol. The number of morpholine rings is 1. The molecule has 25 heavy (non-hydrogen) atoms. The van der Waals surface area contributed by atoms with Gasteiger partial charge in [0.2, 0.25) is 0 Å². The molecule has 0 spiro atoms. The lowest BCUT2D eigenvalue weighted by Crippen LogP contribution is -2.41. The highest BCUT2D eigenvalue weighted by molar-refractivity contribution is 5.48. The van der Waals surface area contributed by atoms with Crippen LogP contribution in [0.4, 0.5) is 15.8 Å². The van der Waals surface area contributed by atoms with Crippen molar-refractivity contribution in [1.29, 1.82) is 0 Å². The Labute approximate surface area is 145 Å². The summed E-state index contributed by atoms with van der Waals surface area (Å²) >= 11 is 0. The van der Waals surface area contributed by atoms with E-state index in [2.05, 4.69) is 10.2 Å². The molecule has 1 N–H and O–H groups in total. The standard InChI is InChI=1S/C18H20FN3O3/c19-15-3-1-14(2-4-15)18(21-9-11-25-12-10-21)13-20-16-5-7-17(8-6-16)22(23)24/h1-8,18,20H,9-13H2. The van der Waals surface area contributed by atoms with Gasteiger partial charge >= 0.3 is 0 Å². The van der Waals surface area contributed by atoms with Crippen molar-refractivity contribution in [3.63, 3.8) is 0 Å². The summed E-state index contributed by atoms with van der Waals surface area (Å²) in [5, 5.41) is 14.1. The van der Waals surface area contributed by atoms with Gasteiger partial charge in [0, 0.05) is 37.5 Å². The van der Waals surface area contributed by atoms with Gasteiger partial charge in [0.1, 0.15) is 5.82 Å². The SMILES string of the molecule is O=[N+]([O-])c1ccc(NCC(c2ccc(F)cc2)N2CCOCC2)cc1. The van der Waals surface area contributed by atoms with E-state index in [4.69, 9.17) is 4.74 Å². The number of halogens is 1. The normalized spacial score (nSPS) is 16.4. The number of nitro groups is 1. The molecule has 2 aromatic carbocycles. The van der Waals surface area contributed by atoms with Gasteiger partial charge in [-0.15, -0.1) is 0 Å². The molecule has 0 saturated carbocycles. The van der Waals surface area contributed by atoms with Crippen molar-refractivity contribution in [2.24, 2.45) is 0 Å². The van der Waals surface area contributed by atoms with E-state index >= 15 is 0 Å². The number of nitrogens with zero attached hydrogens (tertiary/aromatic N) is 2. The van der Waals surface area contributed by atoms with Crippen LogP contribution in [0.1, 0.15) is 11.6 Å². The summed E-state index contributed by atoms with van der Waals surface area (Å²) < 4.78 is 18.7. The zero-order valence-corrected chi connectivity index (χ0v) is 13.7. The Morgan fingerprint density at radius 3 is 2.36 bits per heavy atom. The number of anilines is 1. The minimum atomic E-state index is -0.418. The van der Waals surface area contributed by atoms with Crippen molar-refractivity contribution < 1.29 is 14.1 Å². The number of benzene rings is 2. The van der Waals surface area contributed by atoms with E-state index in [-0.39, 0.29) is 17.5 Å². The first-order chi connectivity index (χ1) is 12.1. The van der Waals surface area contributed by atoms with E-state index in [1.165, 1.54) is 24.3 Å². The Morgan fingerprint density at radius 1 is 1.12 bits per heavy atom. The van der Waals surface area contributed by atoms with E-state index in [1.54, 1.807) is 24.3 Å². The van der Waals surface area contributed by atoms with Gasteiger partial charge in [0.05, 0.1) is 24.2 Å². The lowest BCUT2D eigenvalue weighted by Gasteiger charge is -2.35. The van der Waals surface area contributed by atoms with Gasteiger partial charge in [0.25, 0.3) is 5.69 Å². The largest absolute Gasteiger partial charge is 0.383 e. The van der Waals surface area contributed by atoms with E-state index in [9.17, 15) is 14.5 Å². The third-order valence-corrected chi connectivity index (χ3v) is 4.32. The maximum absolute atomic E-state index is 13.2. The maximum atomic E-state index is 13.2. The van der Waals surface area contributed by atoms with E-state index in [0.717, 1.165) is 24.3 Å². The molecule has 132 valence electrons. The molecular formula is C18H20FN3O3. The summed E-state index contributed by atoms with van der Waals surface area (Å²) in [6.45, 7) is 3.59. The first-order valence-corrected chi connectivity index (χ1v) is 8.19. The van der Waals surface area contributed by atoms with Crippen LogP contribution in [-0.4, -0.2) is 42.7 Å². The van der Waals surface area contributed by atoms with E-state index in [0.29, 0.717) is 19.8 Å². The smallest absolute Gasteiger partial charge is 0.269 e. The van der Waals surface area contributed by atoms with E-state index < -0.39 is 4.92 Å². The number of hydrogen-bond acceptors (Lipinski definition) is 5. The van der Waals surface area contributed by atoms with Gasteiger partial charge in [-0.1, -0.05) is 12.1 Å². The van der Waals surface area contributed by atoms with Gasteiger partial charge in [-0.25, -0.2) is 4.39 Å². The van der Waals surface area contributed by atoms with Gasteiger partial charge in [-0.05, 0) is 29.8 Å². The van der Waals surface area contributed by atoms with Gasteiger partial charge in [0.15, 0.2) is 0 Å². The highest BCUT2D eigenvalue weighted by Gasteiger charge is 2.22. The van der Waals surface area contributed by atoms with Crippen molar-refractivity contribution in [3.8, 4) is 0 Å². The Morgan fingerprint density at radius 2 is 1.76 bits per heavy atom. The van der Waals surface area contributed by atoms with Crippen LogP contribution in [0.2, 0.25) is 0 Å². The fourth-order valence-electron chi connectivity index (χ4n) is 2.95. The van der Waals surface area contributed by atoms with Crippen LogP contribution < -0.4 is 5.32 Å². The molecule has 1 aliphatic rings. The summed E-state index contributed by atoms with van der Waals surface area (Å²) in [7, 11) is 0. The lowest BCUT2D eigenvalue weighted by atomic mass is 10.0. The predicted octanol–water partition coefficient (Wildman–Crippen LogP) is 3.22. The molecule has 1 unspecified atom stereocenters. The molecule has 1 saturated heterocycles. The molecule has 6 nitrogen and oxygen atoms in total. The quantitative estimate of drug-likeness (QED) is 0.643. The second-order valence-corrected chi connectivity index (χ2v) is 5.90. The zero-order chi connectivity index (χ0) is 17.6. The average molecular weight is 345 g/mol. The lowest BCUT2D eigenvalue weighted by molar-refractivity contribution is -0.384. The van der Waals surface area contributed by atoms with E-state index in [1.807, 2.05) is 0 Å². The van der Waals surface area contributed by atoms with Crippen molar-refractivity contribution >= 4 is 11.4 Å². The molecule has 1 fully saturated rings. The Hall–Kier alpha value is -2.51. The van der Waals surface area contributed by atoms with Crippen LogP contribution in [0.25, 0.3) is 0 Å². The Bertz CT molecular complexity index is 701. The summed E-state index contributed by atoms with van der Waals surface area (Å²) in [5.41, 5.74) is 1.90. The second kappa shape index (κ2) is 8.04. The van der Waals surface area contributed by atoms with Gasteiger partial charge < -0.3 is 10.1 Å². The molecule has 1 atom stereocenters. The molecule has 7 heteroatoms. The molecule has 1 heterocycles. The first kappa shape index (κ1) is 17.3. The maximum Gasteiger partial charge on any atom is 0.269 e. The summed E-state index contributed by atoms with van der Waals surface area (Å²) in [6.07, 6.45) is 0. The van der Waals surface area contributed by atoms with Crippen LogP contribution in [-0.2, 0) is 4.74 Å².